The Kier molecular flexibility index (Phi) is 4.76. The minimum atomic E-state index is -3.54. The van der Waals surface area contributed by atoms with Crippen molar-refractivity contribution in [1.29, 1.82) is 0 Å². The van der Waals surface area contributed by atoms with Gasteiger partial charge in [-0.25, -0.2) is 8.42 Å². The summed E-state index contributed by atoms with van der Waals surface area (Å²) in [7, 11) is -0.536. The highest BCUT2D eigenvalue weighted by molar-refractivity contribution is 7.89. The first-order chi connectivity index (χ1) is 7.89. The molecule has 5 nitrogen and oxygen atoms in total. The van der Waals surface area contributed by atoms with Crippen LogP contribution in [0.4, 0.5) is 5.69 Å². The number of hydrogen-bond donors (Lipinski definition) is 1. The summed E-state index contributed by atoms with van der Waals surface area (Å²) in [6.07, 6.45) is 0. The average molecular weight is 279 g/mol. The minimum absolute atomic E-state index is 0.123. The van der Waals surface area contributed by atoms with Gasteiger partial charge in [0, 0.05) is 20.7 Å². The summed E-state index contributed by atoms with van der Waals surface area (Å²) in [6, 6.07) is 4.24. The van der Waals surface area contributed by atoms with Gasteiger partial charge in [-0.2, -0.15) is 4.31 Å². The van der Waals surface area contributed by atoms with Crippen molar-refractivity contribution in [2.75, 3.05) is 33.0 Å². The smallest absolute Gasteiger partial charge is 0.242 e. The van der Waals surface area contributed by atoms with Crippen LogP contribution in [0.2, 0.25) is 5.02 Å². The quantitative estimate of drug-likeness (QED) is 0.821. The Bertz CT molecular complexity index is 490. The lowest BCUT2D eigenvalue weighted by atomic mass is 10.3. The SMILES string of the molecule is COCCN(C)S(=O)(=O)c1ccc(Cl)c(N)c1. The number of rotatable bonds is 5. The zero-order valence-electron chi connectivity index (χ0n) is 9.68. The number of hydrogen-bond acceptors (Lipinski definition) is 4. The number of nitrogen functional groups attached to an aromatic ring is 1. The lowest BCUT2D eigenvalue weighted by Gasteiger charge is -2.17. The molecule has 7 heteroatoms. The second kappa shape index (κ2) is 5.68. The molecule has 2 N–H and O–H groups in total. The van der Waals surface area contributed by atoms with Crippen molar-refractivity contribution in [3.8, 4) is 0 Å². The maximum Gasteiger partial charge on any atom is 0.242 e. The topological polar surface area (TPSA) is 72.6 Å². The first kappa shape index (κ1) is 14.2. The van der Waals surface area contributed by atoms with E-state index < -0.39 is 10.0 Å². The van der Waals surface area contributed by atoms with Gasteiger partial charge < -0.3 is 10.5 Å². The highest BCUT2D eigenvalue weighted by atomic mass is 35.5. The molecule has 1 rings (SSSR count). The maximum absolute atomic E-state index is 12.1. The highest BCUT2D eigenvalue weighted by Gasteiger charge is 2.20. The molecule has 0 aliphatic heterocycles. The predicted octanol–water partition coefficient (Wildman–Crippen LogP) is 1.19. The largest absolute Gasteiger partial charge is 0.397 e. The van der Waals surface area contributed by atoms with Crippen LogP contribution in [0.1, 0.15) is 0 Å². The number of likely N-dealkylation sites (N-methyl/N-ethyl adjacent to an activating group) is 1. The Morgan fingerprint density at radius 2 is 2.12 bits per heavy atom. The van der Waals surface area contributed by atoms with E-state index in [2.05, 4.69) is 0 Å². The van der Waals surface area contributed by atoms with Crippen LogP contribution in [-0.2, 0) is 14.8 Å². The van der Waals surface area contributed by atoms with Crippen molar-refractivity contribution in [3.05, 3.63) is 23.2 Å². The number of benzene rings is 1. The lowest BCUT2D eigenvalue weighted by molar-refractivity contribution is 0.185. The fourth-order valence-corrected chi connectivity index (χ4v) is 2.51. The third kappa shape index (κ3) is 3.32. The lowest BCUT2D eigenvalue weighted by Crippen LogP contribution is -2.30. The van der Waals surface area contributed by atoms with Gasteiger partial charge in [-0.3, -0.25) is 0 Å². The first-order valence-corrected chi connectivity index (χ1v) is 6.71. The molecule has 0 aromatic heterocycles. The highest BCUT2D eigenvalue weighted by Crippen LogP contribution is 2.23. The number of nitrogens with two attached hydrogens (primary N) is 1. The summed E-state index contributed by atoms with van der Waals surface area (Å²) in [4.78, 5) is 0.123. The second-order valence-corrected chi connectivity index (χ2v) is 5.95. The van der Waals surface area contributed by atoms with Gasteiger partial charge in [0.15, 0.2) is 0 Å². The van der Waals surface area contributed by atoms with Crippen molar-refractivity contribution >= 4 is 27.3 Å². The van der Waals surface area contributed by atoms with Crippen molar-refractivity contribution in [2.24, 2.45) is 0 Å². The summed E-state index contributed by atoms with van der Waals surface area (Å²) in [5.41, 5.74) is 5.82. The van der Waals surface area contributed by atoms with E-state index in [0.717, 1.165) is 0 Å². The maximum atomic E-state index is 12.1. The number of methoxy groups -OCH3 is 1. The Morgan fingerprint density at radius 1 is 1.47 bits per heavy atom. The number of nitrogens with zero attached hydrogens (tertiary/aromatic N) is 1. The molecule has 96 valence electrons. The predicted molar refractivity (Wildman–Crippen MR) is 67.6 cm³/mol. The van der Waals surface area contributed by atoms with Gasteiger partial charge >= 0.3 is 0 Å². The molecule has 0 fully saturated rings. The van der Waals surface area contributed by atoms with E-state index in [1.807, 2.05) is 0 Å². The van der Waals surface area contributed by atoms with Crippen LogP contribution in [0.15, 0.2) is 23.1 Å². The van der Waals surface area contributed by atoms with E-state index in [0.29, 0.717) is 11.6 Å². The van der Waals surface area contributed by atoms with Crippen molar-refractivity contribution in [3.63, 3.8) is 0 Å². The monoisotopic (exact) mass is 278 g/mol. The number of ether oxygens (including phenoxy) is 1. The van der Waals surface area contributed by atoms with Crippen molar-refractivity contribution in [1.82, 2.24) is 4.31 Å². The molecular formula is C10H15ClN2O3S. The van der Waals surface area contributed by atoms with Gasteiger partial charge in [-0.15, -0.1) is 0 Å². The summed E-state index contributed by atoms with van der Waals surface area (Å²) < 4.78 is 30.2. The molecule has 17 heavy (non-hydrogen) atoms. The Hall–Kier alpha value is -0.820. The van der Waals surface area contributed by atoms with Gasteiger partial charge in [0.2, 0.25) is 10.0 Å². The first-order valence-electron chi connectivity index (χ1n) is 4.90. The summed E-state index contributed by atoms with van der Waals surface area (Å²) in [6.45, 7) is 0.611. The van der Waals surface area contributed by atoms with E-state index in [1.165, 1.54) is 36.7 Å². The van der Waals surface area contributed by atoms with Crippen LogP contribution < -0.4 is 5.73 Å². The molecule has 0 spiro atoms. The average Bonchev–Trinajstić information content (AvgIpc) is 2.29. The molecule has 0 heterocycles. The molecular weight excluding hydrogens is 264 g/mol. The van der Waals surface area contributed by atoms with E-state index in [4.69, 9.17) is 22.1 Å². The zero-order valence-corrected chi connectivity index (χ0v) is 11.3. The third-order valence-electron chi connectivity index (χ3n) is 2.29. The summed E-state index contributed by atoms with van der Waals surface area (Å²) in [5, 5.41) is 0.337. The molecule has 0 aliphatic rings. The van der Waals surface area contributed by atoms with Gasteiger partial charge in [0.25, 0.3) is 0 Å². The van der Waals surface area contributed by atoms with Crippen LogP contribution in [0.25, 0.3) is 0 Å². The van der Waals surface area contributed by atoms with Gasteiger partial charge in [0.1, 0.15) is 0 Å². The minimum Gasteiger partial charge on any atom is -0.397 e. The van der Waals surface area contributed by atoms with Crippen LogP contribution in [0.3, 0.4) is 0 Å². The molecule has 0 saturated heterocycles. The molecule has 0 bridgehead atoms. The summed E-state index contributed by atoms with van der Waals surface area (Å²) >= 11 is 5.74. The molecule has 1 aromatic carbocycles. The zero-order chi connectivity index (χ0) is 13.1. The molecule has 0 aliphatic carbocycles. The normalized spacial score (nSPS) is 12.0. The van der Waals surface area contributed by atoms with Crippen LogP contribution >= 0.6 is 11.6 Å². The number of sulfonamides is 1. The van der Waals surface area contributed by atoms with Crippen LogP contribution in [0, 0.1) is 0 Å². The number of anilines is 1. The standard InChI is InChI=1S/C10H15ClN2O3S/c1-13(5-6-16-2)17(14,15)8-3-4-9(11)10(12)7-8/h3-4,7H,5-6,12H2,1-2H3. The van der Waals surface area contributed by atoms with Gasteiger partial charge in [-0.05, 0) is 18.2 Å². The van der Waals surface area contributed by atoms with Gasteiger partial charge in [-0.1, -0.05) is 11.6 Å². The molecule has 0 atom stereocenters. The molecule has 0 radical (unpaired) electrons. The van der Waals surface area contributed by atoms with Gasteiger partial charge in [0.05, 0.1) is 22.2 Å². The molecule has 0 amide bonds. The van der Waals surface area contributed by atoms with Crippen molar-refractivity contribution in [2.45, 2.75) is 4.90 Å². The van der Waals surface area contributed by atoms with Crippen LogP contribution in [-0.4, -0.2) is 40.0 Å². The fourth-order valence-electron chi connectivity index (χ4n) is 1.20. The van der Waals surface area contributed by atoms with E-state index in [1.54, 1.807) is 0 Å². The Balaban J connectivity index is 3.00. The molecule has 0 unspecified atom stereocenters. The van der Waals surface area contributed by atoms with E-state index in [-0.39, 0.29) is 17.1 Å². The Labute approximate surface area is 106 Å². The second-order valence-electron chi connectivity index (χ2n) is 3.50. The number of halogens is 1. The molecule has 1 aromatic rings. The van der Waals surface area contributed by atoms with E-state index >= 15 is 0 Å². The summed E-state index contributed by atoms with van der Waals surface area (Å²) in [5.74, 6) is 0. The van der Waals surface area contributed by atoms with Crippen molar-refractivity contribution < 1.29 is 13.2 Å². The molecule has 0 saturated carbocycles. The fraction of sp³-hybridized carbons (Fsp3) is 0.400. The van der Waals surface area contributed by atoms with Crippen LogP contribution in [0.5, 0.6) is 0 Å². The third-order valence-corrected chi connectivity index (χ3v) is 4.48. The Morgan fingerprint density at radius 3 is 2.65 bits per heavy atom. The van der Waals surface area contributed by atoms with E-state index in [9.17, 15) is 8.42 Å².